The summed E-state index contributed by atoms with van der Waals surface area (Å²) in [7, 11) is 0. The molecule has 2 heteroatoms. The van der Waals surface area contributed by atoms with Crippen molar-refractivity contribution >= 4 is 0 Å². The molecule has 0 saturated heterocycles. The molecule has 0 aromatic carbocycles. The third-order valence-corrected chi connectivity index (χ3v) is 2.17. The highest BCUT2D eigenvalue weighted by Gasteiger charge is 2.17. The van der Waals surface area contributed by atoms with Crippen molar-refractivity contribution in [3.05, 3.63) is 11.6 Å². The van der Waals surface area contributed by atoms with E-state index in [1.54, 1.807) is 0 Å². The van der Waals surface area contributed by atoms with E-state index in [2.05, 4.69) is 6.08 Å². The van der Waals surface area contributed by atoms with Crippen LogP contribution >= 0.6 is 0 Å². The van der Waals surface area contributed by atoms with E-state index < -0.39 is 12.2 Å². The van der Waals surface area contributed by atoms with Gasteiger partial charge in [0.1, 0.15) is 0 Å². The molecular weight excluding hydrogens is 140 g/mol. The Morgan fingerprint density at radius 3 is 2.82 bits per heavy atom. The zero-order chi connectivity index (χ0) is 8.27. The fourth-order valence-corrected chi connectivity index (χ4v) is 1.42. The lowest BCUT2D eigenvalue weighted by atomic mass is 9.96. The summed E-state index contributed by atoms with van der Waals surface area (Å²) in [4.78, 5) is 0. The molecule has 1 aliphatic carbocycles. The molecular formula is C9H16O2. The molecule has 0 radical (unpaired) electrons. The van der Waals surface area contributed by atoms with Crippen molar-refractivity contribution in [1.29, 1.82) is 0 Å². The Hall–Kier alpha value is -0.340. The lowest BCUT2D eigenvalue weighted by Crippen LogP contribution is -2.26. The molecule has 2 N–H and O–H groups in total. The number of rotatable bonds is 0. The first-order valence-corrected chi connectivity index (χ1v) is 4.22. The van der Waals surface area contributed by atoms with Crippen molar-refractivity contribution in [1.82, 2.24) is 0 Å². The Balaban J connectivity index is 2.53. The maximum Gasteiger partial charge on any atom is 0.0835 e. The van der Waals surface area contributed by atoms with Crippen LogP contribution < -0.4 is 0 Å². The molecule has 11 heavy (non-hydrogen) atoms. The van der Waals surface area contributed by atoms with Gasteiger partial charge in [-0.25, -0.2) is 0 Å². The Bertz CT molecular complexity index is 152. The molecule has 0 spiro atoms. The predicted molar refractivity (Wildman–Crippen MR) is 44.2 cm³/mol. The quantitative estimate of drug-likeness (QED) is 0.518. The van der Waals surface area contributed by atoms with Crippen LogP contribution in [0.4, 0.5) is 0 Å². The van der Waals surface area contributed by atoms with Gasteiger partial charge in [0.25, 0.3) is 0 Å². The van der Waals surface area contributed by atoms with Gasteiger partial charge in [0, 0.05) is 0 Å². The second-order valence-corrected chi connectivity index (χ2v) is 3.32. The van der Waals surface area contributed by atoms with Crippen molar-refractivity contribution in [2.75, 3.05) is 0 Å². The summed E-state index contributed by atoms with van der Waals surface area (Å²) in [6, 6.07) is 0. The van der Waals surface area contributed by atoms with Crippen LogP contribution in [0.25, 0.3) is 0 Å². The molecule has 2 atom stereocenters. The van der Waals surface area contributed by atoms with Gasteiger partial charge in [-0.3, -0.25) is 0 Å². The number of aliphatic hydroxyl groups is 2. The van der Waals surface area contributed by atoms with Gasteiger partial charge < -0.3 is 10.2 Å². The summed E-state index contributed by atoms with van der Waals surface area (Å²) in [5.74, 6) is 0. The number of allylic oxidation sites excluding steroid dienone is 1. The minimum Gasteiger partial charge on any atom is -0.390 e. The molecule has 2 unspecified atom stereocenters. The summed E-state index contributed by atoms with van der Waals surface area (Å²) in [6.07, 6.45) is 4.46. The molecule has 0 saturated carbocycles. The largest absolute Gasteiger partial charge is 0.390 e. The fourth-order valence-electron chi connectivity index (χ4n) is 1.42. The van der Waals surface area contributed by atoms with Crippen LogP contribution in [0.5, 0.6) is 0 Å². The summed E-state index contributed by atoms with van der Waals surface area (Å²) in [5, 5.41) is 18.7. The highest BCUT2D eigenvalue weighted by Crippen LogP contribution is 2.17. The molecule has 0 amide bonds. The maximum absolute atomic E-state index is 9.36. The monoisotopic (exact) mass is 156 g/mol. The number of hydrogen-bond donors (Lipinski definition) is 2. The van der Waals surface area contributed by atoms with Crippen LogP contribution in [-0.4, -0.2) is 22.4 Å². The number of aliphatic hydroxyl groups excluding tert-OH is 2. The lowest BCUT2D eigenvalue weighted by Gasteiger charge is -2.19. The fraction of sp³-hybridized carbons (Fsp3) is 0.778. The molecule has 0 heterocycles. The van der Waals surface area contributed by atoms with Gasteiger partial charge in [-0.15, -0.1) is 0 Å². The molecule has 0 aromatic rings. The highest BCUT2D eigenvalue weighted by atomic mass is 16.3. The van der Waals surface area contributed by atoms with E-state index in [9.17, 15) is 10.2 Å². The van der Waals surface area contributed by atoms with E-state index in [0.717, 1.165) is 19.3 Å². The molecule has 1 rings (SSSR count). The first-order chi connectivity index (χ1) is 5.20. The Morgan fingerprint density at radius 1 is 1.36 bits per heavy atom. The molecule has 2 nitrogen and oxygen atoms in total. The SMILES string of the molecule is CC1=CCCCC(O)C(O)C1. The standard InChI is InChI=1S/C9H16O2/c1-7-4-2-3-5-8(10)9(11)6-7/h4,8-11H,2-3,5-6H2,1H3. The molecule has 64 valence electrons. The summed E-state index contributed by atoms with van der Waals surface area (Å²) >= 11 is 0. The molecule has 0 aliphatic heterocycles. The van der Waals surface area contributed by atoms with E-state index in [1.807, 2.05) is 6.92 Å². The van der Waals surface area contributed by atoms with Gasteiger partial charge in [0.2, 0.25) is 0 Å². The lowest BCUT2D eigenvalue weighted by molar-refractivity contribution is 0.0130. The van der Waals surface area contributed by atoms with Crippen LogP contribution in [0.3, 0.4) is 0 Å². The second-order valence-electron chi connectivity index (χ2n) is 3.32. The van der Waals surface area contributed by atoms with E-state index in [0.29, 0.717) is 6.42 Å². The molecule has 1 aliphatic rings. The van der Waals surface area contributed by atoms with Crippen LogP contribution in [0, 0.1) is 0 Å². The van der Waals surface area contributed by atoms with Gasteiger partial charge in [-0.1, -0.05) is 11.6 Å². The van der Waals surface area contributed by atoms with Crippen LogP contribution in [0.15, 0.2) is 11.6 Å². The van der Waals surface area contributed by atoms with Crippen molar-refractivity contribution in [2.24, 2.45) is 0 Å². The average Bonchev–Trinajstić information content (AvgIpc) is 1.95. The van der Waals surface area contributed by atoms with Crippen molar-refractivity contribution in [3.63, 3.8) is 0 Å². The van der Waals surface area contributed by atoms with Crippen molar-refractivity contribution < 1.29 is 10.2 Å². The first-order valence-electron chi connectivity index (χ1n) is 4.22. The summed E-state index contributed by atoms with van der Waals surface area (Å²) in [6.45, 7) is 2.00. The summed E-state index contributed by atoms with van der Waals surface area (Å²) < 4.78 is 0. The Labute approximate surface area is 67.6 Å². The topological polar surface area (TPSA) is 40.5 Å². The molecule has 0 fully saturated rings. The van der Waals surface area contributed by atoms with E-state index >= 15 is 0 Å². The van der Waals surface area contributed by atoms with Gasteiger partial charge >= 0.3 is 0 Å². The van der Waals surface area contributed by atoms with E-state index in [-0.39, 0.29) is 0 Å². The van der Waals surface area contributed by atoms with Gasteiger partial charge in [0.05, 0.1) is 12.2 Å². The minimum atomic E-state index is -0.549. The van der Waals surface area contributed by atoms with Gasteiger partial charge in [-0.2, -0.15) is 0 Å². The zero-order valence-corrected chi connectivity index (χ0v) is 6.95. The van der Waals surface area contributed by atoms with Crippen LogP contribution in [0.2, 0.25) is 0 Å². The van der Waals surface area contributed by atoms with Gasteiger partial charge in [-0.05, 0) is 32.6 Å². The van der Waals surface area contributed by atoms with Crippen LogP contribution in [-0.2, 0) is 0 Å². The van der Waals surface area contributed by atoms with E-state index in [1.165, 1.54) is 5.57 Å². The zero-order valence-electron chi connectivity index (χ0n) is 6.95. The van der Waals surface area contributed by atoms with Crippen molar-refractivity contribution in [3.8, 4) is 0 Å². The van der Waals surface area contributed by atoms with Crippen LogP contribution in [0.1, 0.15) is 32.6 Å². The maximum atomic E-state index is 9.36. The second kappa shape index (κ2) is 3.88. The average molecular weight is 156 g/mol. The predicted octanol–water partition coefficient (Wildman–Crippen LogP) is 1.23. The third kappa shape index (κ3) is 2.64. The molecule has 0 bridgehead atoms. The summed E-state index contributed by atoms with van der Waals surface area (Å²) in [5.41, 5.74) is 1.19. The van der Waals surface area contributed by atoms with E-state index in [4.69, 9.17) is 0 Å². The third-order valence-electron chi connectivity index (χ3n) is 2.17. The highest BCUT2D eigenvalue weighted by molar-refractivity contribution is 5.01. The minimum absolute atomic E-state index is 0.515. The normalized spacial score (nSPS) is 33.9. The van der Waals surface area contributed by atoms with Crippen molar-refractivity contribution in [2.45, 2.75) is 44.8 Å². The van der Waals surface area contributed by atoms with Gasteiger partial charge in [0.15, 0.2) is 0 Å². The Morgan fingerprint density at radius 2 is 2.09 bits per heavy atom. The number of hydrogen-bond acceptors (Lipinski definition) is 2. The molecule has 0 aromatic heterocycles. The first kappa shape index (κ1) is 8.75. The Kier molecular flexibility index (Phi) is 3.09. The smallest absolute Gasteiger partial charge is 0.0835 e.